The van der Waals surface area contributed by atoms with Gasteiger partial charge in [-0.2, -0.15) is 5.10 Å². The Morgan fingerprint density at radius 1 is 1.19 bits per heavy atom. The Balaban J connectivity index is 1.68. The summed E-state index contributed by atoms with van der Waals surface area (Å²) in [6, 6.07) is 6.53. The van der Waals surface area contributed by atoms with Gasteiger partial charge in [0.1, 0.15) is 6.33 Å². The van der Waals surface area contributed by atoms with Gasteiger partial charge in [0.2, 0.25) is 0 Å². The van der Waals surface area contributed by atoms with E-state index in [0.717, 1.165) is 64.9 Å². The quantitative estimate of drug-likeness (QED) is 0.574. The summed E-state index contributed by atoms with van der Waals surface area (Å²) >= 11 is 0. The van der Waals surface area contributed by atoms with Crippen molar-refractivity contribution in [3.63, 3.8) is 0 Å². The predicted octanol–water partition coefficient (Wildman–Crippen LogP) is 2.58. The van der Waals surface area contributed by atoms with Crippen LogP contribution in [0.5, 0.6) is 0 Å². The molecular formula is C20H22N6O. The van der Waals surface area contributed by atoms with Crippen molar-refractivity contribution < 1.29 is 0 Å². The second-order valence-corrected chi connectivity index (χ2v) is 7.42. The third kappa shape index (κ3) is 2.57. The molecule has 0 aliphatic carbocycles. The molecule has 4 aromatic rings. The number of fused-ring (bicyclic) bond motifs is 2. The number of hydrogen-bond donors (Lipinski definition) is 2. The van der Waals surface area contributed by atoms with Crippen molar-refractivity contribution in [2.75, 3.05) is 13.1 Å². The van der Waals surface area contributed by atoms with Gasteiger partial charge in [-0.1, -0.05) is 0 Å². The third-order valence-corrected chi connectivity index (χ3v) is 5.57. The van der Waals surface area contributed by atoms with Crippen LogP contribution in [-0.4, -0.2) is 37.2 Å². The highest BCUT2D eigenvalue weighted by molar-refractivity contribution is 5.84. The molecule has 1 aromatic carbocycles. The highest BCUT2D eigenvalue weighted by Gasteiger charge is 2.20. The van der Waals surface area contributed by atoms with Gasteiger partial charge < -0.3 is 10.3 Å². The van der Waals surface area contributed by atoms with Crippen molar-refractivity contribution in [1.29, 1.82) is 0 Å². The number of aromatic amines is 1. The van der Waals surface area contributed by atoms with E-state index in [2.05, 4.69) is 45.5 Å². The Kier molecular flexibility index (Phi) is 3.65. The lowest BCUT2D eigenvalue weighted by Crippen LogP contribution is -2.35. The third-order valence-electron chi connectivity index (χ3n) is 5.57. The van der Waals surface area contributed by atoms with Crippen molar-refractivity contribution in [3.05, 3.63) is 52.3 Å². The fourth-order valence-corrected chi connectivity index (χ4v) is 4.25. The van der Waals surface area contributed by atoms with Crippen LogP contribution in [0, 0.1) is 13.8 Å². The average molecular weight is 362 g/mol. The topological polar surface area (TPSA) is 80.0 Å². The highest BCUT2D eigenvalue weighted by Crippen LogP contribution is 2.30. The predicted molar refractivity (Wildman–Crippen MR) is 105 cm³/mol. The van der Waals surface area contributed by atoms with Gasteiger partial charge in [-0.3, -0.25) is 4.57 Å². The summed E-state index contributed by atoms with van der Waals surface area (Å²) in [5.41, 5.74) is 7.06. The molecule has 2 N–H and O–H groups in total. The van der Waals surface area contributed by atoms with Crippen LogP contribution in [0.1, 0.15) is 30.0 Å². The largest absolute Gasteiger partial charge is 0.326 e. The lowest BCUT2D eigenvalue weighted by atomic mass is 9.99. The SMILES string of the molecule is Cc1cc2c(cc1-c1cc(C)c3ncnn3c1)[nH]c(=O)n2[C@@H]1CCCNC1. The molecule has 138 valence electrons. The highest BCUT2D eigenvalue weighted by atomic mass is 16.1. The zero-order valence-electron chi connectivity index (χ0n) is 15.5. The van der Waals surface area contributed by atoms with Crippen molar-refractivity contribution in [3.8, 4) is 11.1 Å². The fourth-order valence-electron chi connectivity index (χ4n) is 4.25. The Hall–Kier alpha value is -2.93. The molecule has 5 rings (SSSR count). The summed E-state index contributed by atoms with van der Waals surface area (Å²) < 4.78 is 3.72. The Labute approximate surface area is 156 Å². The molecule has 4 heterocycles. The molecule has 0 spiro atoms. The molecule has 0 amide bonds. The molecule has 7 nitrogen and oxygen atoms in total. The summed E-state index contributed by atoms with van der Waals surface area (Å²) in [5.74, 6) is 0. The minimum absolute atomic E-state index is 0.0295. The van der Waals surface area contributed by atoms with Crippen LogP contribution in [0.4, 0.5) is 0 Å². The number of aromatic nitrogens is 5. The molecule has 0 radical (unpaired) electrons. The van der Waals surface area contributed by atoms with Crippen molar-refractivity contribution >= 4 is 16.7 Å². The van der Waals surface area contributed by atoms with Gasteiger partial charge in [0.05, 0.1) is 17.1 Å². The molecule has 0 unspecified atom stereocenters. The molecule has 1 atom stereocenters. The number of benzene rings is 1. The number of pyridine rings is 1. The molecule has 27 heavy (non-hydrogen) atoms. The van der Waals surface area contributed by atoms with E-state index >= 15 is 0 Å². The van der Waals surface area contributed by atoms with E-state index in [-0.39, 0.29) is 11.7 Å². The van der Waals surface area contributed by atoms with Crippen LogP contribution in [0.25, 0.3) is 27.8 Å². The number of imidazole rings is 1. The first-order valence-corrected chi connectivity index (χ1v) is 9.38. The zero-order chi connectivity index (χ0) is 18.5. The maximum absolute atomic E-state index is 12.6. The van der Waals surface area contributed by atoms with Crippen molar-refractivity contribution in [1.82, 2.24) is 29.5 Å². The van der Waals surface area contributed by atoms with E-state index in [1.54, 1.807) is 10.8 Å². The first kappa shape index (κ1) is 16.3. The number of aryl methyl sites for hydroxylation is 2. The van der Waals surface area contributed by atoms with Gasteiger partial charge in [0, 0.05) is 18.3 Å². The summed E-state index contributed by atoms with van der Waals surface area (Å²) in [5, 5.41) is 7.67. The molecule has 0 saturated carbocycles. The summed E-state index contributed by atoms with van der Waals surface area (Å²) in [6.45, 7) is 6.00. The number of nitrogens with one attached hydrogen (secondary N) is 2. The van der Waals surface area contributed by atoms with E-state index in [1.807, 2.05) is 17.7 Å². The van der Waals surface area contributed by atoms with Crippen molar-refractivity contribution in [2.45, 2.75) is 32.7 Å². The van der Waals surface area contributed by atoms with E-state index in [9.17, 15) is 4.79 Å². The Bertz CT molecular complexity index is 1210. The molecular weight excluding hydrogens is 340 g/mol. The maximum Gasteiger partial charge on any atom is 0.326 e. The van der Waals surface area contributed by atoms with Crippen LogP contribution >= 0.6 is 0 Å². The monoisotopic (exact) mass is 362 g/mol. The molecule has 1 saturated heterocycles. The van der Waals surface area contributed by atoms with Crippen LogP contribution in [0.2, 0.25) is 0 Å². The van der Waals surface area contributed by atoms with Crippen LogP contribution < -0.4 is 11.0 Å². The second kappa shape index (κ2) is 6.06. The lowest BCUT2D eigenvalue weighted by molar-refractivity contribution is 0.372. The standard InChI is InChI=1S/C20H22N6O/c1-12-7-18-17(24-20(27)26(18)15-4-3-5-21-9-15)8-16(12)14-6-13(2)19-22-11-23-25(19)10-14/h6-8,10-11,15,21H,3-5,9H2,1-2H3,(H,24,27)/t15-/m1/s1. The summed E-state index contributed by atoms with van der Waals surface area (Å²) in [7, 11) is 0. The number of piperidine rings is 1. The Morgan fingerprint density at radius 2 is 2.07 bits per heavy atom. The zero-order valence-corrected chi connectivity index (χ0v) is 15.5. The van der Waals surface area contributed by atoms with Gasteiger partial charge in [0.25, 0.3) is 0 Å². The van der Waals surface area contributed by atoms with Gasteiger partial charge in [0.15, 0.2) is 5.65 Å². The van der Waals surface area contributed by atoms with Gasteiger partial charge >= 0.3 is 5.69 Å². The molecule has 1 aliphatic rings. The Morgan fingerprint density at radius 3 is 2.89 bits per heavy atom. The van der Waals surface area contributed by atoms with Crippen LogP contribution in [0.3, 0.4) is 0 Å². The average Bonchev–Trinajstić information content (AvgIpc) is 3.25. The number of rotatable bonds is 2. The number of H-pyrrole nitrogens is 1. The molecule has 0 bridgehead atoms. The summed E-state index contributed by atoms with van der Waals surface area (Å²) in [4.78, 5) is 20.0. The van der Waals surface area contributed by atoms with Gasteiger partial charge in [-0.25, -0.2) is 14.3 Å². The molecule has 1 fully saturated rings. The molecule has 3 aromatic heterocycles. The smallest absolute Gasteiger partial charge is 0.315 e. The van der Waals surface area contributed by atoms with E-state index in [1.165, 1.54) is 0 Å². The van der Waals surface area contributed by atoms with Crippen LogP contribution in [0.15, 0.2) is 35.5 Å². The second-order valence-electron chi connectivity index (χ2n) is 7.42. The van der Waals surface area contributed by atoms with Crippen LogP contribution in [-0.2, 0) is 0 Å². The van der Waals surface area contributed by atoms with Gasteiger partial charge in [-0.15, -0.1) is 0 Å². The minimum Gasteiger partial charge on any atom is -0.315 e. The fraction of sp³-hybridized carbons (Fsp3) is 0.350. The first-order valence-electron chi connectivity index (χ1n) is 9.38. The number of nitrogens with zero attached hydrogens (tertiary/aromatic N) is 4. The lowest BCUT2D eigenvalue weighted by Gasteiger charge is -2.24. The first-order chi connectivity index (χ1) is 13.1. The molecule has 1 aliphatic heterocycles. The van der Waals surface area contributed by atoms with Gasteiger partial charge in [-0.05, 0) is 68.1 Å². The van der Waals surface area contributed by atoms with E-state index in [4.69, 9.17) is 0 Å². The molecule has 7 heteroatoms. The number of hydrogen-bond acceptors (Lipinski definition) is 4. The minimum atomic E-state index is -0.0295. The maximum atomic E-state index is 12.6. The van der Waals surface area contributed by atoms with E-state index in [0.29, 0.717) is 0 Å². The van der Waals surface area contributed by atoms with E-state index < -0.39 is 0 Å². The normalized spacial score (nSPS) is 17.8. The summed E-state index contributed by atoms with van der Waals surface area (Å²) in [6.07, 6.45) is 5.68. The van der Waals surface area contributed by atoms with Crippen molar-refractivity contribution in [2.24, 2.45) is 0 Å².